The van der Waals surface area contributed by atoms with Gasteiger partial charge in [-0.05, 0) is 92.4 Å². The molecule has 4 aliphatic carbocycles. The maximum absolute atomic E-state index is 12.8. The van der Waals surface area contributed by atoms with E-state index in [4.69, 9.17) is 11.3 Å². The number of terminal acetylenes is 1. The molecule has 0 bridgehead atoms. The largest absolute Gasteiger partial charge is 0.480 e. The molecule has 0 spiro atoms. The maximum Gasteiger partial charge on any atom is 0.326 e. The number of allylic oxidation sites excluding steroid dienone is 2. The Bertz CT molecular complexity index is 1190. The molecule has 0 aliphatic heterocycles. The van der Waals surface area contributed by atoms with Crippen LogP contribution in [0.5, 0.6) is 0 Å². The fraction of sp³-hybridized carbons (Fsp3) is 0.758. The van der Waals surface area contributed by atoms with E-state index in [0.29, 0.717) is 24.2 Å². The second kappa shape index (κ2) is 12.0. The summed E-state index contributed by atoms with van der Waals surface area (Å²) < 4.78 is 0. The van der Waals surface area contributed by atoms with Crippen molar-refractivity contribution in [1.82, 2.24) is 10.6 Å². The van der Waals surface area contributed by atoms with Crippen molar-refractivity contribution >= 4 is 23.5 Å². The molecule has 0 unspecified atom stereocenters. The Balaban J connectivity index is 1.36. The quantitative estimate of drug-likeness (QED) is 0.239. The zero-order valence-corrected chi connectivity index (χ0v) is 26.0. The number of nitrogens with zero attached hydrogens (tertiary/aromatic N) is 1. The summed E-state index contributed by atoms with van der Waals surface area (Å²) in [5.41, 5.74) is 1.09. The number of amides is 2. The SMILES string of the molecule is C#C[C@@]1(O)CC[C@H]2[C@@H]3CCC4=C/C(=N/OCC(=O)N[C@H](C(=O)N[C@H](C(=O)O)C(C)C)C(C)C)CC[C@]4(C)[C@H]3CC[C@@]21C. The minimum absolute atomic E-state index is 0.0825. The van der Waals surface area contributed by atoms with Gasteiger partial charge in [0.25, 0.3) is 5.91 Å². The molecule has 4 aliphatic rings. The molecule has 0 aromatic rings. The molecule has 0 aromatic carbocycles. The number of aliphatic hydroxyl groups is 1. The van der Waals surface area contributed by atoms with Crippen LogP contribution in [0.4, 0.5) is 0 Å². The second-order valence-electron chi connectivity index (χ2n) is 14.2. The lowest BCUT2D eigenvalue weighted by Crippen LogP contribution is -2.55. The van der Waals surface area contributed by atoms with Gasteiger partial charge < -0.3 is 25.7 Å². The summed E-state index contributed by atoms with van der Waals surface area (Å²) in [6.07, 6.45) is 15.5. The van der Waals surface area contributed by atoms with Gasteiger partial charge in [-0.1, -0.05) is 58.2 Å². The summed E-state index contributed by atoms with van der Waals surface area (Å²) in [7, 11) is 0. The summed E-state index contributed by atoms with van der Waals surface area (Å²) in [4.78, 5) is 42.3. The van der Waals surface area contributed by atoms with E-state index in [0.717, 1.165) is 50.7 Å². The highest BCUT2D eigenvalue weighted by molar-refractivity contribution is 5.96. The molecule has 4 N–H and O–H groups in total. The minimum atomic E-state index is -1.12. The third-order valence-electron chi connectivity index (χ3n) is 11.2. The second-order valence-corrected chi connectivity index (χ2v) is 14.2. The van der Waals surface area contributed by atoms with Crippen LogP contribution in [0.2, 0.25) is 0 Å². The van der Waals surface area contributed by atoms with Gasteiger partial charge in [0.2, 0.25) is 5.91 Å². The number of aliphatic carboxylic acids is 1. The molecule has 2 amide bonds. The first-order valence-electron chi connectivity index (χ1n) is 15.6. The van der Waals surface area contributed by atoms with Gasteiger partial charge in [-0.3, -0.25) is 9.59 Å². The van der Waals surface area contributed by atoms with Gasteiger partial charge in [-0.25, -0.2) is 4.79 Å². The molecule has 8 atom stereocenters. The fourth-order valence-electron chi connectivity index (χ4n) is 8.58. The van der Waals surface area contributed by atoms with Gasteiger partial charge in [-0.15, -0.1) is 6.42 Å². The molecule has 9 heteroatoms. The summed E-state index contributed by atoms with van der Waals surface area (Å²) in [6, 6.07) is -1.93. The number of hydrogen-bond donors (Lipinski definition) is 4. The molecule has 0 saturated heterocycles. The smallest absolute Gasteiger partial charge is 0.326 e. The van der Waals surface area contributed by atoms with Crippen LogP contribution in [0, 0.1) is 52.8 Å². The van der Waals surface area contributed by atoms with Crippen LogP contribution in [0.25, 0.3) is 0 Å². The number of carboxylic acid groups (broad SMARTS) is 1. The number of carbonyl (C=O) groups is 3. The Hall–Kier alpha value is -2.86. The molecule has 4 rings (SSSR count). The highest BCUT2D eigenvalue weighted by Gasteiger charge is 2.63. The molecule has 3 fully saturated rings. The van der Waals surface area contributed by atoms with Crippen LogP contribution in [0.1, 0.15) is 92.9 Å². The Morgan fingerprint density at radius 1 is 1.02 bits per heavy atom. The number of nitrogens with one attached hydrogen (secondary N) is 2. The van der Waals surface area contributed by atoms with E-state index in [1.54, 1.807) is 27.7 Å². The Labute approximate surface area is 250 Å². The third-order valence-corrected chi connectivity index (χ3v) is 11.2. The van der Waals surface area contributed by atoms with Crippen molar-refractivity contribution in [2.75, 3.05) is 6.61 Å². The van der Waals surface area contributed by atoms with E-state index >= 15 is 0 Å². The van der Waals surface area contributed by atoms with Crippen LogP contribution in [-0.2, 0) is 19.2 Å². The predicted molar refractivity (Wildman–Crippen MR) is 160 cm³/mol. The van der Waals surface area contributed by atoms with Crippen LogP contribution in [0.15, 0.2) is 16.8 Å². The fourth-order valence-corrected chi connectivity index (χ4v) is 8.58. The van der Waals surface area contributed by atoms with Crippen molar-refractivity contribution in [2.45, 2.75) is 111 Å². The van der Waals surface area contributed by atoms with Crippen molar-refractivity contribution in [2.24, 2.45) is 45.6 Å². The number of oxime groups is 1. The summed E-state index contributed by atoms with van der Waals surface area (Å²) >= 11 is 0. The minimum Gasteiger partial charge on any atom is -0.480 e. The molecular weight excluding hydrogens is 534 g/mol. The number of hydrogen-bond acceptors (Lipinski definition) is 6. The van der Waals surface area contributed by atoms with Crippen molar-refractivity contribution in [1.29, 1.82) is 0 Å². The van der Waals surface area contributed by atoms with Crippen molar-refractivity contribution in [3.05, 3.63) is 11.6 Å². The van der Waals surface area contributed by atoms with E-state index in [2.05, 4.69) is 41.6 Å². The monoisotopic (exact) mass is 583 g/mol. The molecule has 0 aromatic heterocycles. The van der Waals surface area contributed by atoms with Crippen LogP contribution >= 0.6 is 0 Å². The van der Waals surface area contributed by atoms with Crippen molar-refractivity contribution in [3.63, 3.8) is 0 Å². The topological polar surface area (TPSA) is 137 Å². The normalized spacial score (nSPS) is 36.1. The van der Waals surface area contributed by atoms with Gasteiger partial charge in [0.05, 0.1) is 5.71 Å². The Morgan fingerprint density at radius 3 is 2.31 bits per heavy atom. The van der Waals surface area contributed by atoms with E-state index in [-0.39, 0.29) is 29.3 Å². The molecular formula is C33H49N3O6. The predicted octanol–water partition coefficient (Wildman–Crippen LogP) is 4.05. The van der Waals surface area contributed by atoms with Gasteiger partial charge in [-0.2, -0.15) is 0 Å². The van der Waals surface area contributed by atoms with Gasteiger partial charge in [0, 0.05) is 5.41 Å². The number of carbonyl (C=O) groups excluding carboxylic acids is 2. The molecule has 9 nitrogen and oxygen atoms in total. The molecule has 232 valence electrons. The number of fused-ring (bicyclic) bond motifs is 5. The zero-order valence-electron chi connectivity index (χ0n) is 26.0. The first-order valence-corrected chi connectivity index (χ1v) is 15.6. The lowest BCUT2D eigenvalue weighted by molar-refractivity contribution is -0.143. The van der Waals surface area contributed by atoms with E-state index in [9.17, 15) is 24.6 Å². The Kier molecular flexibility index (Phi) is 9.18. The highest BCUT2D eigenvalue weighted by Crippen LogP contribution is 2.67. The molecule has 0 radical (unpaired) electrons. The number of carboxylic acids is 1. The number of rotatable bonds is 9. The van der Waals surface area contributed by atoms with Gasteiger partial charge in [0.1, 0.15) is 17.7 Å². The molecule has 0 heterocycles. The van der Waals surface area contributed by atoms with Gasteiger partial charge >= 0.3 is 5.97 Å². The lowest BCUT2D eigenvalue weighted by Gasteiger charge is -2.58. The first-order chi connectivity index (χ1) is 19.7. The standard InChI is InChI=1S/C33H49N3O6/c1-8-33(41)16-13-25-23-10-9-21-17-22(11-14-31(21,6)24(23)12-15-32(25,33)7)36-42-18-26(37)34-27(19(2)3)29(38)35-28(20(4)5)30(39)40/h1,17,19-20,23-25,27-28,41H,9-16,18H2,2-7H3,(H,34,37)(H,35,38)(H,39,40)/b36-22+/t23-,24+,25+,27+,28+,31+,32+,33-/m1/s1. The van der Waals surface area contributed by atoms with Crippen LogP contribution in [0.3, 0.4) is 0 Å². The van der Waals surface area contributed by atoms with E-state index < -0.39 is 35.5 Å². The Morgan fingerprint density at radius 2 is 1.69 bits per heavy atom. The maximum atomic E-state index is 12.8. The third kappa shape index (κ3) is 5.71. The summed E-state index contributed by atoms with van der Waals surface area (Å²) in [6.45, 7) is 11.3. The summed E-state index contributed by atoms with van der Waals surface area (Å²) in [5.74, 6) is 1.62. The first kappa shape index (κ1) is 32.1. The van der Waals surface area contributed by atoms with E-state index in [1.807, 2.05) is 0 Å². The lowest BCUT2D eigenvalue weighted by atomic mass is 9.46. The molecule has 3 saturated carbocycles. The average Bonchev–Trinajstić information content (AvgIpc) is 3.20. The highest BCUT2D eigenvalue weighted by atomic mass is 16.6. The average molecular weight is 584 g/mol. The zero-order chi connectivity index (χ0) is 31.0. The van der Waals surface area contributed by atoms with Crippen LogP contribution < -0.4 is 10.6 Å². The van der Waals surface area contributed by atoms with E-state index in [1.165, 1.54) is 5.57 Å². The van der Waals surface area contributed by atoms with Crippen LogP contribution in [-0.4, -0.2) is 58.0 Å². The summed E-state index contributed by atoms with van der Waals surface area (Å²) in [5, 5.41) is 30.1. The molecule has 42 heavy (non-hydrogen) atoms. The van der Waals surface area contributed by atoms with Crippen molar-refractivity contribution in [3.8, 4) is 12.3 Å². The van der Waals surface area contributed by atoms with Gasteiger partial charge in [0.15, 0.2) is 6.61 Å². The van der Waals surface area contributed by atoms with Crippen molar-refractivity contribution < 1.29 is 29.4 Å².